The molecule has 9 aromatic rings. The highest BCUT2D eigenvalue weighted by molar-refractivity contribution is 7.00. The van der Waals surface area contributed by atoms with Gasteiger partial charge in [-0.1, -0.05) is 59.2 Å². The van der Waals surface area contributed by atoms with E-state index in [9.17, 15) is 14.4 Å². The predicted molar refractivity (Wildman–Crippen MR) is 286 cm³/mol. The Morgan fingerprint density at radius 3 is 1.68 bits per heavy atom. The molecular weight excluding hydrogens is 1020 g/mol. The van der Waals surface area contributed by atoms with Crippen LogP contribution in [0, 0.1) is 0 Å². The number of hydrogen-bond acceptors (Lipinski definition) is 16. The molecule has 77 heavy (non-hydrogen) atoms. The normalized spacial score (nSPS) is 14.2. The lowest BCUT2D eigenvalue weighted by molar-refractivity contribution is 0.0702. The molecule has 0 atom stereocenters. The van der Waals surface area contributed by atoms with Gasteiger partial charge in [0, 0.05) is 92.0 Å². The first-order valence-electron chi connectivity index (χ1n) is 24.8. The second-order valence-electron chi connectivity index (χ2n) is 18.8. The average molecular weight is 1070 g/mol. The number of benzene rings is 6. The monoisotopic (exact) mass is 1070 g/mol. The molecule has 0 fully saturated rings. The zero-order chi connectivity index (χ0) is 53.3. The molecule has 12 rings (SSSR count). The Kier molecular flexibility index (Phi) is 16.5. The lowest BCUT2D eigenvalue weighted by Gasteiger charge is -2.29. The summed E-state index contributed by atoms with van der Waals surface area (Å²) in [6.07, 6.45) is 6.29. The minimum absolute atomic E-state index is 0.453. The Labute approximate surface area is 451 Å². The number of aromatic nitrogens is 6. The highest BCUT2D eigenvalue weighted by Crippen LogP contribution is 2.27. The van der Waals surface area contributed by atoms with E-state index in [-0.39, 0.29) is 0 Å². The van der Waals surface area contributed by atoms with Crippen molar-refractivity contribution in [3.05, 3.63) is 212 Å². The molecule has 3 amide bonds. The van der Waals surface area contributed by atoms with E-state index in [1.54, 1.807) is 53.0 Å². The van der Waals surface area contributed by atoms with Crippen LogP contribution in [0.2, 0.25) is 5.02 Å². The van der Waals surface area contributed by atoms with Gasteiger partial charge in [0.25, 0.3) is 17.7 Å². The van der Waals surface area contributed by atoms with Crippen molar-refractivity contribution in [2.24, 2.45) is 0 Å². The Morgan fingerprint density at radius 1 is 0.597 bits per heavy atom. The summed E-state index contributed by atoms with van der Waals surface area (Å²) < 4.78 is 15.9. The van der Waals surface area contributed by atoms with Gasteiger partial charge in [-0.05, 0) is 149 Å². The molecule has 0 saturated carbocycles. The summed E-state index contributed by atoms with van der Waals surface area (Å²) in [5.74, 6) is -0.338. The van der Waals surface area contributed by atoms with Gasteiger partial charge >= 0.3 is 0 Å². The van der Waals surface area contributed by atoms with Crippen LogP contribution >= 0.6 is 23.3 Å². The molecule has 392 valence electrons. The zero-order valence-electron chi connectivity index (χ0n) is 41.6. The number of fused-ring (bicyclic) bond motifs is 4. The van der Waals surface area contributed by atoms with Gasteiger partial charge in [-0.2, -0.15) is 18.8 Å². The maximum Gasteiger partial charge on any atom is 0.274 e. The van der Waals surface area contributed by atoms with Crippen LogP contribution in [0.15, 0.2) is 144 Å². The Hall–Kier alpha value is -8.05. The number of carbonyl (C=O) groups is 3. The van der Waals surface area contributed by atoms with E-state index in [4.69, 9.17) is 31.7 Å². The number of amides is 3. The fraction of sp³-hybridized carbons (Fsp3) is 0.214. The molecule has 3 aliphatic heterocycles. The predicted octanol–water partition coefficient (Wildman–Crippen LogP) is 7.99. The second-order valence-corrected chi connectivity index (χ2v) is 19.8. The number of halogens is 1. The summed E-state index contributed by atoms with van der Waals surface area (Å²) in [6.45, 7) is 7.38. The van der Waals surface area contributed by atoms with Crippen LogP contribution in [0.25, 0.3) is 28.1 Å². The molecule has 3 aliphatic rings. The summed E-state index contributed by atoms with van der Waals surface area (Å²) >= 11 is 7.15. The van der Waals surface area contributed by atoms with Crippen LogP contribution < -0.4 is 16.4 Å². The summed E-state index contributed by atoms with van der Waals surface area (Å²) in [6, 6.07) is 40.4. The molecule has 21 heteroatoms. The number of nitrogens with one attached hydrogen (secondary N) is 3. The van der Waals surface area contributed by atoms with E-state index < -0.39 is 17.7 Å². The molecule has 6 N–H and O–H groups in total. The van der Waals surface area contributed by atoms with E-state index in [2.05, 4.69) is 69.0 Å². The van der Waals surface area contributed by atoms with Crippen molar-refractivity contribution in [2.75, 3.05) is 19.6 Å². The van der Waals surface area contributed by atoms with Crippen LogP contribution in [-0.4, -0.2) is 96.3 Å². The molecule has 0 unspecified atom stereocenters. The first kappa shape index (κ1) is 52.4. The Balaban J connectivity index is 0.000000131. The maximum absolute atomic E-state index is 11.5. The fourth-order valence-corrected chi connectivity index (χ4v) is 10.4. The molecule has 6 heterocycles. The number of hydrogen-bond donors (Lipinski definition) is 6. The molecule has 19 nitrogen and oxygen atoms in total. The van der Waals surface area contributed by atoms with Crippen molar-refractivity contribution in [1.82, 2.24) is 59.8 Å². The van der Waals surface area contributed by atoms with Gasteiger partial charge in [0.1, 0.15) is 11.0 Å². The molecule has 0 spiro atoms. The summed E-state index contributed by atoms with van der Waals surface area (Å²) in [5.41, 5.74) is 19.8. The molecule has 0 bridgehead atoms. The van der Waals surface area contributed by atoms with Gasteiger partial charge in [-0.25, -0.2) is 21.1 Å². The van der Waals surface area contributed by atoms with Crippen LogP contribution in [-0.2, 0) is 58.5 Å². The van der Waals surface area contributed by atoms with Crippen molar-refractivity contribution in [1.29, 1.82) is 0 Å². The second kappa shape index (κ2) is 24.3. The zero-order valence-corrected chi connectivity index (χ0v) is 43.1. The number of nitrogens with zero attached hydrogens (tertiary/aromatic N) is 9. The summed E-state index contributed by atoms with van der Waals surface area (Å²) in [4.78, 5) is 46.1. The molecule has 0 saturated heterocycles. The standard InChI is InChI=1S/C20H20N4O2.C19H17ClN4O3.C17H16N4O2S/c25-20(22-26)17-4-5-18-14-23(11-8-16(18)12-17)13-15-2-6-19(7-3-15)24-10-1-9-21-24;20-16-5-3-12(4-6-16)18-21-17(27-23-18)11-24-8-7-13-9-14(19(25)22-26)1-2-15(13)10-24;22-17(18-23)12-4-5-13-9-21(7-6-11(13)8-12)10-14-2-1-3-15-16(14)20-24-19-15/h1-7,9-10,12,26H,8,11,13-14H2,(H,22,25);1-6,9,26H,7-8,10-11H2,(H,22,25);1-5,8,23H,6-7,9-10H2,(H,18,22). The first-order chi connectivity index (χ1) is 37.6. The lowest BCUT2D eigenvalue weighted by Crippen LogP contribution is -2.30. The van der Waals surface area contributed by atoms with Gasteiger partial charge in [-0.15, -0.1) is 0 Å². The van der Waals surface area contributed by atoms with E-state index in [1.165, 1.54) is 45.1 Å². The first-order valence-corrected chi connectivity index (χ1v) is 25.9. The largest absolute Gasteiger partial charge is 0.338 e. The molecule has 0 aliphatic carbocycles. The third-order valence-electron chi connectivity index (χ3n) is 13.8. The third kappa shape index (κ3) is 12.8. The maximum atomic E-state index is 11.5. The number of hydroxylamine groups is 3. The van der Waals surface area contributed by atoms with Crippen LogP contribution in [0.4, 0.5) is 0 Å². The molecule has 6 aromatic carbocycles. The van der Waals surface area contributed by atoms with E-state index >= 15 is 0 Å². The van der Waals surface area contributed by atoms with E-state index in [1.807, 2.05) is 77.6 Å². The Morgan fingerprint density at radius 2 is 1.14 bits per heavy atom. The van der Waals surface area contributed by atoms with Gasteiger partial charge < -0.3 is 4.52 Å². The number of carbonyl (C=O) groups excluding carboxylic acids is 3. The third-order valence-corrected chi connectivity index (χ3v) is 14.6. The van der Waals surface area contributed by atoms with Gasteiger partial charge in [0.2, 0.25) is 11.7 Å². The van der Waals surface area contributed by atoms with Crippen molar-refractivity contribution in [2.45, 2.75) is 58.5 Å². The number of rotatable bonds is 11. The minimum atomic E-state index is -0.499. The van der Waals surface area contributed by atoms with Crippen molar-refractivity contribution in [3.63, 3.8) is 0 Å². The Bertz CT molecular complexity index is 3520. The molecule has 0 radical (unpaired) electrons. The van der Waals surface area contributed by atoms with Crippen molar-refractivity contribution < 1.29 is 34.5 Å². The van der Waals surface area contributed by atoms with E-state index in [0.29, 0.717) is 40.0 Å². The van der Waals surface area contributed by atoms with Crippen LogP contribution in [0.5, 0.6) is 0 Å². The van der Waals surface area contributed by atoms with Crippen LogP contribution in [0.1, 0.15) is 81.5 Å². The van der Waals surface area contributed by atoms with Gasteiger partial charge in [-0.3, -0.25) is 44.7 Å². The van der Waals surface area contributed by atoms with E-state index in [0.717, 1.165) is 105 Å². The van der Waals surface area contributed by atoms with Crippen molar-refractivity contribution >= 4 is 52.1 Å². The SMILES string of the molecule is O=C(NO)c1ccc2c(c1)CCN(Cc1ccc(-n3cccn3)cc1)C2.O=C(NO)c1ccc2c(c1)CCN(Cc1cccc3nsnc13)C2.O=C(NO)c1ccc2c(c1)CCN(Cc1nc(-c3ccc(Cl)cc3)no1)C2. The highest BCUT2D eigenvalue weighted by Gasteiger charge is 2.23. The van der Waals surface area contributed by atoms with Crippen molar-refractivity contribution in [3.8, 4) is 17.1 Å². The lowest BCUT2D eigenvalue weighted by atomic mass is 9.96. The van der Waals surface area contributed by atoms with Crippen LogP contribution in [0.3, 0.4) is 0 Å². The molecular formula is C56H53ClN12O7S. The molecule has 3 aromatic heterocycles. The smallest absolute Gasteiger partial charge is 0.274 e. The highest BCUT2D eigenvalue weighted by atomic mass is 35.5. The summed E-state index contributed by atoms with van der Waals surface area (Å²) in [5, 5.41) is 35.2. The topological polar surface area (TPSA) is 240 Å². The minimum Gasteiger partial charge on any atom is -0.338 e. The average Bonchev–Trinajstić information content (AvgIpc) is 4.30. The van der Waals surface area contributed by atoms with Gasteiger partial charge in [0.15, 0.2) is 0 Å². The van der Waals surface area contributed by atoms with Gasteiger partial charge in [0.05, 0.1) is 24.0 Å². The summed E-state index contributed by atoms with van der Waals surface area (Å²) in [7, 11) is 0. The fourth-order valence-electron chi connectivity index (χ4n) is 9.75. The quantitative estimate of drug-likeness (QED) is 0.0532.